The Morgan fingerprint density at radius 1 is 1.08 bits per heavy atom. The second-order valence-electron chi connectivity index (χ2n) is 8.50. The van der Waals surface area contributed by atoms with E-state index in [1.807, 2.05) is 56.3 Å². The third kappa shape index (κ3) is 7.16. The molecular weight excluding hydrogens is 540 g/mol. The maximum absolute atomic E-state index is 13.0. The average molecular weight is 567 g/mol. The maximum atomic E-state index is 13.0. The second kappa shape index (κ2) is 13.0. The lowest BCUT2D eigenvalue weighted by atomic mass is 10.1. The number of thiocarbonyl (C=S) groups is 1. The lowest BCUT2D eigenvalue weighted by molar-refractivity contribution is -0.122. The third-order valence-corrected chi connectivity index (χ3v) is 7.35. The highest BCUT2D eigenvalue weighted by atomic mass is 35.5. The molecule has 0 atom stereocenters. The van der Waals surface area contributed by atoms with Crippen LogP contribution in [0.1, 0.15) is 23.6 Å². The molecule has 196 valence electrons. The molecule has 3 aromatic carbocycles. The number of amides is 2. The molecule has 1 aliphatic heterocycles. The summed E-state index contributed by atoms with van der Waals surface area (Å²) in [5.41, 5.74) is 3.45. The van der Waals surface area contributed by atoms with E-state index < -0.39 is 0 Å². The van der Waals surface area contributed by atoms with Crippen LogP contribution in [-0.2, 0) is 16.0 Å². The fourth-order valence-electron chi connectivity index (χ4n) is 3.79. The summed E-state index contributed by atoms with van der Waals surface area (Å²) >= 11 is 12.8. The number of halogens is 1. The molecule has 0 aliphatic carbocycles. The van der Waals surface area contributed by atoms with Crippen LogP contribution in [0.3, 0.4) is 0 Å². The largest absolute Gasteiger partial charge is 0.490 e. The predicted molar refractivity (Wildman–Crippen MR) is 158 cm³/mol. The summed E-state index contributed by atoms with van der Waals surface area (Å²) in [6.45, 7) is 4.49. The number of nitrogens with one attached hydrogen (secondary N) is 1. The molecule has 1 heterocycles. The Labute approximate surface area is 237 Å². The lowest BCUT2D eigenvalue weighted by Gasteiger charge is -2.14. The molecule has 1 saturated heterocycles. The van der Waals surface area contributed by atoms with Crippen LogP contribution in [0.5, 0.6) is 11.5 Å². The summed E-state index contributed by atoms with van der Waals surface area (Å²) in [5, 5.41) is 3.35. The van der Waals surface area contributed by atoms with Crippen LogP contribution in [0, 0.1) is 6.92 Å². The van der Waals surface area contributed by atoms with Gasteiger partial charge in [0.25, 0.3) is 11.8 Å². The van der Waals surface area contributed by atoms with Gasteiger partial charge in [0.1, 0.15) is 4.32 Å². The number of aryl methyl sites for hydroxylation is 1. The van der Waals surface area contributed by atoms with Crippen molar-refractivity contribution in [1.82, 2.24) is 4.90 Å². The Bertz CT molecular complexity index is 1380. The van der Waals surface area contributed by atoms with Gasteiger partial charge >= 0.3 is 0 Å². The zero-order valence-corrected chi connectivity index (χ0v) is 23.4. The van der Waals surface area contributed by atoms with Crippen molar-refractivity contribution in [3.63, 3.8) is 0 Å². The quantitative estimate of drug-likeness (QED) is 0.223. The van der Waals surface area contributed by atoms with Crippen LogP contribution >= 0.6 is 35.6 Å². The molecule has 1 N–H and O–H groups in total. The monoisotopic (exact) mass is 566 g/mol. The van der Waals surface area contributed by atoms with E-state index in [0.717, 1.165) is 23.1 Å². The van der Waals surface area contributed by atoms with Crippen LogP contribution in [-0.4, -0.2) is 40.8 Å². The normalized spacial score (nSPS) is 14.2. The number of hydrogen-bond donors (Lipinski definition) is 1. The van der Waals surface area contributed by atoms with Crippen molar-refractivity contribution in [2.45, 2.75) is 20.3 Å². The van der Waals surface area contributed by atoms with E-state index in [-0.39, 0.29) is 18.4 Å². The molecule has 3 aromatic rings. The molecule has 0 bridgehead atoms. The third-order valence-electron chi connectivity index (χ3n) is 5.74. The van der Waals surface area contributed by atoms with Gasteiger partial charge in [0.15, 0.2) is 18.1 Å². The number of carbonyl (C=O) groups is 2. The minimum absolute atomic E-state index is 0.109. The molecule has 0 saturated carbocycles. The first kappa shape index (κ1) is 27.7. The van der Waals surface area contributed by atoms with Gasteiger partial charge in [-0.3, -0.25) is 14.5 Å². The summed E-state index contributed by atoms with van der Waals surface area (Å²) in [7, 11) is 0. The van der Waals surface area contributed by atoms with E-state index in [1.54, 1.807) is 35.2 Å². The zero-order chi connectivity index (χ0) is 27.1. The first-order chi connectivity index (χ1) is 18.3. The number of nitrogens with zero attached hydrogens (tertiary/aromatic N) is 1. The Kier molecular flexibility index (Phi) is 9.44. The first-order valence-corrected chi connectivity index (χ1v) is 13.7. The van der Waals surface area contributed by atoms with Gasteiger partial charge in [-0.2, -0.15) is 0 Å². The number of ether oxygens (including phenoxy) is 2. The van der Waals surface area contributed by atoms with Gasteiger partial charge in [-0.1, -0.05) is 78.0 Å². The highest BCUT2D eigenvalue weighted by Gasteiger charge is 2.31. The van der Waals surface area contributed by atoms with Crippen molar-refractivity contribution in [2.24, 2.45) is 0 Å². The topological polar surface area (TPSA) is 67.9 Å². The number of rotatable bonds is 10. The standard InChI is InChI=1S/C29H27ClN2O4S2/c1-3-35-25-15-21(10-12-24(25)36-18-27(33)31-23-17-22(30)11-9-19(23)2)16-26-28(34)32(29(37)38-26)14-13-20-7-5-4-6-8-20/h4-12,15-17H,3,13-14,18H2,1-2H3,(H,31,33)/b26-16-. The second-order valence-corrected chi connectivity index (χ2v) is 10.6. The zero-order valence-electron chi connectivity index (χ0n) is 21.0. The Morgan fingerprint density at radius 3 is 2.63 bits per heavy atom. The van der Waals surface area contributed by atoms with Crippen LogP contribution in [0.4, 0.5) is 5.69 Å². The predicted octanol–water partition coefficient (Wildman–Crippen LogP) is 6.51. The van der Waals surface area contributed by atoms with E-state index in [1.165, 1.54) is 11.8 Å². The van der Waals surface area contributed by atoms with Crippen LogP contribution < -0.4 is 14.8 Å². The average Bonchev–Trinajstić information content (AvgIpc) is 3.17. The van der Waals surface area contributed by atoms with Crippen molar-refractivity contribution < 1.29 is 19.1 Å². The van der Waals surface area contributed by atoms with E-state index >= 15 is 0 Å². The highest BCUT2D eigenvalue weighted by molar-refractivity contribution is 8.26. The van der Waals surface area contributed by atoms with Gasteiger partial charge in [-0.25, -0.2) is 0 Å². The number of hydrogen-bond acceptors (Lipinski definition) is 6. The molecule has 1 fully saturated rings. The molecule has 0 radical (unpaired) electrons. The first-order valence-electron chi connectivity index (χ1n) is 12.1. The molecule has 38 heavy (non-hydrogen) atoms. The van der Waals surface area contributed by atoms with Crippen LogP contribution in [0.15, 0.2) is 71.6 Å². The van der Waals surface area contributed by atoms with Gasteiger partial charge in [-0.15, -0.1) is 0 Å². The maximum Gasteiger partial charge on any atom is 0.266 e. The van der Waals surface area contributed by atoms with Crippen molar-refractivity contribution in [3.05, 3.63) is 93.3 Å². The molecule has 6 nitrogen and oxygen atoms in total. The number of anilines is 1. The number of carbonyl (C=O) groups excluding carboxylic acids is 2. The minimum atomic E-state index is -0.318. The SMILES string of the molecule is CCOc1cc(/C=C2\SC(=S)N(CCc3ccccc3)C2=O)ccc1OCC(=O)Nc1cc(Cl)ccc1C. The van der Waals surface area contributed by atoms with Gasteiger partial charge in [-0.05, 0) is 67.3 Å². The Balaban J connectivity index is 1.41. The molecule has 4 rings (SSSR count). The molecule has 0 aromatic heterocycles. The van der Waals surface area contributed by atoms with Crippen molar-refractivity contribution >= 4 is 63.5 Å². The summed E-state index contributed by atoms with van der Waals surface area (Å²) in [4.78, 5) is 27.7. The van der Waals surface area contributed by atoms with E-state index in [2.05, 4.69) is 5.32 Å². The number of thioether (sulfide) groups is 1. The molecule has 1 aliphatic rings. The van der Waals surface area contributed by atoms with Gasteiger partial charge in [0.2, 0.25) is 0 Å². The van der Waals surface area contributed by atoms with E-state index in [9.17, 15) is 9.59 Å². The summed E-state index contributed by atoms with van der Waals surface area (Å²) < 4.78 is 12.1. The minimum Gasteiger partial charge on any atom is -0.490 e. The summed E-state index contributed by atoms with van der Waals surface area (Å²) in [5.74, 6) is 0.480. The van der Waals surface area contributed by atoms with Crippen LogP contribution in [0.2, 0.25) is 5.02 Å². The number of benzene rings is 3. The summed E-state index contributed by atoms with van der Waals surface area (Å²) in [6, 6.07) is 20.6. The van der Waals surface area contributed by atoms with Gasteiger partial charge in [0.05, 0.1) is 11.5 Å². The molecule has 0 spiro atoms. The molecule has 9 heteroatoms. The van der Waals surface area contributed by atoms with Crippen LogP contribution in [0.25, 0.3) is 6.08 Å². The van der Waals surface area contributed by atoms with E-state index in [0.29, 0.717) is 44.6 Å². The van der Waals surface area contributed by atoms with Crippen molar-refractivity contribution in [2.75, 3.05) is 25.1 Å². The Morgan fingerprint density at radius 2 is 1.87 bits per heavy atom. The Hall–Kier alpha value is -3.33. The highest BCUT2D eigenvalue weighted by Crippen LogP contribution is 2.35. The molecule has 0 unspecified atom stereocenters. The van der Waals surface area contributed by atoms with Crippen molar-refractivity contribution in [1.29, 1.82) is 0 Å². The lowest BCUT2D eigenvalue weighted by Crippen LogP contribution is -2.30. The van der Waals surface area contributed by atoms with Gasteiger partial charge < -0.3 is 14.8 Å². The molecular formula is C29H27ClN2O4S2. The fourth-order valence-corrected chi connectivity index (χ4v) is 5.27. The fraction of sp³-hybridized carbons (Fsp3) is 0.207. The van der Waals surface area contributed by atoms with Gasteiger partial charge in [0, 0.05) is 17.3 Å². The molecule has 2 amide bonds. The summed E-state index contributed by atoms with van der Waals surface area (Å²) in [6.07, 6.45) is 2.52. The van der Waals surface area contributed by atoms with E-state index in [4.69, 9.17) is 33.3 Å². The smallest absolute Gasteiger partial charge is 0.266 e. The van der Waals surface area contributed by atoms with Crippen molar-refractivity contribution in [3.8, 4) is 11.5 Å².